The number of ketones is 2. The van der Waals surface area contributed by atoms with Crippen LogP contribution in [0.1, 0.15) is 128 Å². The van der Waals surface area contributed by atoms with Gasteiger partial charge in [-0.25, -0.2) is 0 Å². The van der Waals surface area contributed by atoms with Crippen LogP contribution in [0.3, 0.4) is 0 Å². The Morgan fingerprint density at radius 3 is 2.14 bits per heavy atom. The Morgan fingerprint density at radius 2 is 1.37 bits per heavy atom. The zero-order valence-corrected chi connectivity index (χ0v) is 22.0. The van der Waals surface area contributed by atoms with Crippen LogP contribution < -0.4 is 10.6 Å². The van der Waals surface area contributed by atoms with Gasteiger partial charge in [-0.2, -0.15) is 0 Å². The second kappa shape index (κ2) is 13.9. The summed E-state index contributed by atoms with van der Waals surface area (Å²) in [5.41, 5.74) is 0. The van der Waals surface area contributed by atoms with Crippen LogP contribution in [0.25, 0.3) is 0 Å². The average Bonchev–Trinajstić information content (AvgIpc) is 3.32. The first-order chi connectivity index (χ1) is 17.1. The number of amides is 1. The Morgan fingerprint density at radius 1 is 0.743 bits per heavy atom. The minimum absolute atomic E-state index is 0.00245. The van der Waals surface area contributed by atoms with E-state index in [1.165, 1.54) is 70.6 Å². The van der Waals surface area contributed by atoms with E-state index in [4.69, 9.17) is 0 Å². The monoisotopic (exact) mass is 486 g/mol. The molecular formula is C30H50N2O3. The van der Waals surface area contributed by atoms with E-state index in [0.717, 1.165) is 44.9 Å². The maximum atomic E-state index is 13.3. The number of unbranched alkanes of at least 4 members (excludes halogenated alkanes) is 1. The summed E-state index contributed by atoms with van der Waals surface area (Å²) in [5, 5.41) is 6.78. The first-order valence-electron chi connectivity index (χ1n) is 15.2. The van der Waals surface area contributed by atoms with Crippen LogP contribution in [0.2, 0.25) is 0 Å². The molecule has 35 heavy (non-hydrogen) atoms. The highest BCUT2D eigenvalue weighted by Gasteiger charge is 2.50. The van der Waals surface area contributed by atoms with Crippen molar-refractivity contribution < 1.29 is 14.4 Å². The third kappa shape index (κ3) is 7.63. The van der Waals surface area contributed by atoms with E-state index in [1.54, 1.807) is 0 Å². The van der Waals surface area contributed by atoms with Gasteiger partial charge in [-0.1, -0.05) is 57.8 Å². The predicted octanol–water partition coefficient (Wildman–Crippen LogP) is 5.89. The third-order valence-corrected chi connectivity index (χ3v) is 9.68. The van der Waals surface area contributed by atoms with E-state index < -0.39 is 0 Å². The van der Waals surface area contributed by atoms with Crippen LogP contribution >= 0.6 is 0 Å². The van der Waals surface area contributed by atoms with Gasteiger partial charge < -0.3 is 10.6 Å². The lowest BCUT2D eigenvalue weighted by Gasteiger charge is -2.37. The second-order valence-corrected chi connectivity index (χ2v) is 12.1. The SMILES string of the molecule is O=C(CCC(=O)C1CCCCCCCC1)NCCCCC1NC2C3CCCCCC(CC3)C2C1=O. The molecule has 5 unspecified atom stereocenters. The number of carbonyl (C=O) groups is 3. The Bertz CT molecular complexity index is 694. The fourth-order valence-corrected chi connectivity index (χ4v) is 7.62. The van der Waals surface area contributed by atoms with Crippen molar-refractivity contribution >= 4 is 17.5 Å². The smallest absolute Gasteiger partial charge is 0.220 e. The Labute approximate surface area is 213 Å². The fraction of sp³-hybridized carbons (Fsp3) is 0.900. The molecule has 2 bridgehead atoms. The van der Waals surface area contributed by atoms with Gasteiger partial charge in [-0.3, -0.25) is 14.4 Å². The number of hydrogen-bond donors (Lipinski definition) is 2. The molecule has 1 amide bonds. The number of carbonyl (C=O) groups excluding carboxylic acids is 3. The highest BCUT2D eigenvalue weighted by atomic mass is 16.2. The van der Waals surface area contributed by atoms with Crippen molar-refractivity contribution in [2.24, 2.45) is 23.7 Å². The molecule has 3 saturated carbocycles. The molecule has 4 fully saturated rings. The van der Waals surface area contributed by atoms with E-state index >= 15 is 0 Å². The molecule has 1 heterocycles. The molecule has 4 aliphatic rings. The first kappa shape index (κ1) is 26.8. The number of rotatable bonds is 9. The Balaban J connectivity index is 1.11. The quantitative estimate of drug-likeness (QED) is 0.399. The summed E-state index contributed by atoms with van der Waals surface area (Å²) >= 11 is 0. The topological polar surface area (TPSA) is 75.3 Å². The lowest BCUT2D eigenvalue weighted by molar-refractivity contribution is -0.127. The summed E-state index contributed by atoms with van der Waals surface area (Å²) < 4.78 is 0. The molecule has 5 heteroatoms. The van der Waals surface area contributed by atoms with Gasteiger partial charge in [0.25, 0.3) is 0 Å². The van der Waals surface area contributed by atoms with E-state index in [0.29, 0.717) is 48.8 Å². The molecule has 5 nitrogen and oxygen atoms in total. The molecule has 1 aliphatic heterocycles. The molecule has 5 atom stereocenters. The Kier molecular flexibility index (Phi) is 10.7. The normalized spacial score (nSPS) is 32.5. The number of nitrogens with one attached hydrogen (secondary N) is 2. The zero-order valence-electron chi connectivity index (χ0n) is 22.0. The third-order valence-electron chi connectivity index (χ3n) is 9.68. The van der Waals surface area contributed by atoms with Crippen LogP contribution in [0.4, 0.5) is 0 Å². The summed E-state index contributed by atoms with van der Waals surface area (Å²) in [6.07, 6.45) is 21.9. The van der Waals surface area contributed by atoms with Crippen molar-refractivity contribution in [3.63, 3.8) is 0 Å². The molecule has 198 valence electrons. The number of Topliss-reactive ketones (excluding diaryl/α,β-unsaturated/α-hetero) is 2. The standard InChI is InChI=1S/C30H50N2O3/c33-26(22-12-6-3-1-2-4-7-13-22)19-20-27(34)31-21-11-10-16-25-30(35)28-23-14-8-5-9-15-24(18-17-23)29(28)32-25/h22-25,28-29,32H,1-21H2,(H,31,34). The van der Waals surface area contributed by atoms with Crippen molar-refractivity contribution in [1.29, 1.82) is 0 Å². The van der Waals surface area contributed by atoms with Crippen LogP contribution in [0, 0.1) is 23.7 Å². The van der Waals surface area contributed by atoms with Crippen molar-refractivity contribution in [3.05, 3.63) is 0 Å². The van der Waals surface area contributed by atoms with Gasteiger partial charge in [0.1, 0.15) is 5.78 Å². The van der Waals surface area contributed by atoms with Gasteiger partial charge in [-0.05, 0) is 69.6 Å². The van der Waals surface area contributed by atoms with Gasteiger partial charge in [-0.15, -0.1) is 0 Å². The molecule has 2 N–H and O–H groups in total. The van der Waals surface area contributed by atoms with Crippen molar-refractivity contribution in [3.8, 4) is 0 Å². The van der Waals surface area contributed by atoms with E-state index in [1.807, 2.05) is 0 Å². The van der Waals surface area contributed by atoms with Gasteiger partial charge in [0.2, 0.25) is 5.91 Å². The number of hydrogen-bond acceptors (Lipinski definition) is 4. The fourth-order valence-electron chi connectivity index (χ4n) is 7.62. The van der Waals surface area contributed by atoms with Crippen LogP contribution in [0.15, 0.2) is 0 Å². The Hall–Kier alpha value is -1.23. The van der Waals surface area contributed by atoms with E-state index in [9.17, 15) is 14.4 Å². The van der Waals surface area contributed by atoms with Crippen molar-refractivity contribution in [2.45, 2.75) is 141 Å². The summed E-state index contributed by atoms with van der Waals surface area (Å²) in [7, 11) is 0. The minimum Gasteiger partial charge on any atom is -0.356 e. The van der Waals surface area contributed by atoms with Crippen molar-refractivity contribution in [2.75, 3.05) is 6.54 Å². The second-order valence-electron chi connectivity index (χ2n) is 12.1. The zero-order chi connectivity index (χ0) is 24.5. The molecule has 0 aromatic carbocycles. The highest BCUT2D eigenvalue weighted by Crippen LogP contribution is 2.44. The molecule has 1 saturated heterocycles. The molecular weight excluding hydrogens is 436 g/mol. The summed E-state index contributed by atoms with van der Waals surface area (Å²) in [6, 6.07) is 0.442. The van der Waals surface area contributed by atoms with Gasteiger partial charge in [0.15, 0.2) is 5.78 Å². The molecule has 0 radical (unpaired) electrons. The summed E-state index contributed by atoms with van der Waals surface area (Å²) in [5.74, 6) is 2.52. The molecule has 3 aliphatic carbocycles. The highest BCUT2D eigenvalue weighted by molar-refractivity contribution is 5.89. The van der Waals surface area contributed by atoms with Gasteiger partial charge in [0.05, 0.1) is 6.04 Å². The lowest BCUT2D eigenvalue weighted by atomic mass is 9.68. The summed E-state index contributed by atoms with van der Waals surface area (Å²) in [4.78, 5) is 38.2. The molecule has 0 aromatic rings. The lowest BCUT2D eigenvalue weighted by Crippen LogP contribution is -2.43. The molecule has 0 spiro atoms. The maximum absolute atomic E-state index is 13.3. The predicted molar refractivity (Wildman–Crippen MR) is 140 cm³/mol. The van der Waals surface area contributed by atoms with E-state index in [-0.39, 0.29) is 23.8 Å². The van der Waals surface area contributed by atoms with E-state index in [2.05, 4.69) is 10.6 Å². The first-order valence-corrected chi connectivity index (χ1v) is 15.2. The maximum Gasteiger partial charge on any atom is 0.220 e. The average molecular weight is 487 g/mol. The van der Waals surface area contributed by atoms with Crippen LogP contribution in [-0.2, 0) is 14.4 Å². The van der Waals surface area contributed by atoms with Gasteiger partial charge >= 0.3 is 0 Å². The van der Waals surface area contributed by atoms with Crippen LogP contribution in [0.5, 0.6) is 0 Å². The summed E-state index contributed by atoms with van der Waals surface area (Å²) in [6.45, 7) is 0.648. The van der Waals surface area contributed by atoms with Crippen molar-refractivity contribution in [1.82, 2.24) is 10.6 Å². The van der Waals surface area contributed by atoms with Crippen LogP contribution in [-0.4, -0.2) is 36.1 Å². The molecule has 0 aromatic heterocycles. The largest absolute Gasteiger partial charge is 0.356 e. The minimum atomic E-state index is 0.00245. The van der Waals surface area contributed by atoms with Gasteiger partial charge in [0, 0.05) is 37.3 Å². The molecule has 4 rings (SSSR count).